The molecule has 1 aliphatic rings. The second kappa shape index (κ2) is 7.43. The number of hydrogen-bond donors (Lipinski definition) is 0. The fourth-order valence-corrected chi connectivity index (χ4v) is 3.40. The van der Waals surface area contributed by atoms with E-state index in [4.69, 9.17) is 9.15 Å². The van der Waals surface area contributed by atoms with Crippen molar-refractivity contribution in [2.45, 2.75) is 13.0 Å². The molecule has 7 heteroatoms. The second-order valence-electron chi connectivity index (χ2n) is 6.95. The summed E-state index contributed by atoms with van der Waals surface area (Å²) in [5, 5.41) is 0.435. The normalized spacial score (nSPS) is 14.7. The Bertz CT molecular complexity index is 1150. The maximum absolute atomic E-state index is 13.0. The first-order valence-corrected chi connectivity index (χ1v) is 9.28. The van der Waals surface area contributed by atoms with Gasteiger partial charge in [0.2, 0.25) is 0 Å². The number of fused-ring (bicyclic) bond motifs is 1. The zero-order chi connectivity index (χ0) is 20.5. The number of benzene rings is 2. The SMILES string of the molecule is CC(c1cccc(N2CCOC2=O)c1)N(C)C(=O)c1ccc2c(=O)ccoc2c1. The first-order chi connectivity index (χ1) is 14.0. The minimum Gasteiger partial charge on any atom is -0.464 e. The van der Waals surface area contributed by atoms with Gasteiger partial charge in [-0.1, -0.05) is 12.1 Å². The molecule has 1 saturated heterocycles. The van der Waals surface area contributed by atoms with Crippen LogP contribution in [0.3, 0.4) is 0 Å². The van der Waals surface area contributed by atoms with Crippen molar-refractivity contribution in [1.82, 2.24) is 4.90 Å². The number of cyclic esters (lactones) is 1. The molecule has 1 fully saturated rings. The lowest BCUT2D eigenvalue weighted by atomic mass is 10.0. The van der Waals surface area contributed by atoms with E-state index in [9.17, 15) is 14.4 Å². The second-order valence-corrected chi connectivity index (χ2v) is 6.95. The van der Waals surface area contributed by atoms with E-state index in [-0.39, 0.29) is 23.5 Å². The lowest BCUT2D eigenvalue weighted by Crippen LogP contribution is -2.30. The van der Waals surface area contributed by atoms with Crippen molar-refractivity contribution in [3.8, 4) is 0 Å². The minimum absolute atomic E-state index is 0.149. The van der Waals surface area contributed by atoms with Gasteiger partial charge in [-0.25, -0.2) is 4.79 Å². The maximum Gasteiger partial charge on any atom is 0.414 e. The number of rotatable bonds is 4. The van der Waals surface area contributed by atoms with Crippen molar-refractivity contribution in [3.05, 3.63) is 76.1 Å². The van der Waals surface area contributed by atoms with Crippen LogP contribution >= 0.6 is 0 Å². The molecule has 2 aromatic carbocycles. The Morgan fingerprint density at radius 1 is 1.14 bits per heavy atom. The molecule has 0 radical (unpaired) electrons. The number of anilines is 1. The number of nitrogens with zero attached hydrogens (tertiary/aromatic N) is 2. The summed E-state index contributed by atoms with van der Waals surface area (Å²) in [6.07, 6.45) is 0.956. The van der Waals surface area contributed by atoms with Gasteiger partial charge in [-0.15, -0.1) is 0 Å². The molecule has 0 N–H and O–H groups in total. The standard InChI is InChI=1S/C22H20N2O5/c1-14(15-4-3-5-17(12-15)24-9-11-29-22(24)27)23(2)21(26)16-6-7-18-19(25)8-10-28-20(18)13-16/h3-8,10,12-14H,9,11H2,1-2H3. The third-order valence-electron chi connectivity index (χ3n) is 5.23. The monoisotopic (exact) mass is 392 g/mol. The van der Waals surface area contributed by atoms with E-state index >= 15 is 0 Å². The minimum atomic E-state index is -0.364. The van der Waals surface area contributed by atoms with Crippen LogP contribution in [0.4, 0.5) is 10.5 Å². The molecule has 0 bridgehead atoms. The van der Waals surface area contributed by atoms with Crippen molar-refractivity contribution in [1.29, 1.82) is 0 Å². The zero-order valence-corrected chi connectivity index (χ0v) is 16.1. The third kappa shape index (κ3) is 3.47. The largest absolute Gasteiger partial charge is 0.464 e. The molecule has 3 aromatic rings. The average Bonchev–Trinajstić information content (AvgIpc) is 3.18. The van der Waals surface area contributed by atoms with E-state index in [1.54, 1.807) is 35.0 Å². The molecule has 148 valence electrons. The number of carbonyl (C=O) groups excluding carboxylic acids is 2. The Labute approximate surface area is 167 Å². The highest BCUT2D eigenvalue weighted by atomic mass is 16.6. The maximum atomic E-state index is 13.0. The molecule has 0 saturated carbocycles. The summed E-state index contributed by atoms with van der Waals surface area (Å²) >= 11 is 0. The van der Waals surface area contributed by atoms with Gasteiger partial charge in [-0.2, -0.15) is 0 Å². The third-order valence-corrected chi connectivity index (χ3v) is 5.23. The molecule has 2 heterocycles. The predicted molar refractivity (Wildman–Crippen MR) is 108 cm³/mol. The van der Waals surface area contributed by atoms with E-state index in [0.717, 1.165) is 11.3 Å². The molecule has 29 heavy (non-hydrogen) atoms. The van der Waals surface area contributed by atoms with Gasteiger partial charge >= 0.3 is 6.09 Å². The van der Waals surface area contributed by atoms with Gasteiger partial charge in [0.15, 0.2) is 5.43 Å². The Morgan fingerprint density at radius 2 is 1.97 bits per heavy atom. The zero-order valence-electron chi connectivity index (χ0n) is 16.1. The van der Waals surface area contributed by atoms with Gasteiger partial charge in [-0.3, -0.25) is 14.5 Å². The molecule has 2 amide bonds. The van der Waals surface area contributed by atoms with Gasteiger partial charge in [0.05, 0.1) is 24.2 Å². The van der Waals surface area contributed by atoms with Crippen LogP contribution in [0.15, 0.2) is 64.0 Å². The topological polar surface area (TPSA) is 80.1 Å². The molecule has 0 spiro atoms. The molecule has 7 nitrogen and oxygen atoms in total. The number of ether oxygens (including phenoxy) is 1. The first kappa shape index (κ1) is 18.7. The van der Waals surface area contributed by atoms with Crippen molar-refractivity contribution in [3.63, 3.8) is 0 Å². The molecule has 4 rings (SSSR count). The molecule has 1 unspecified atom stereocenters. The highest BCUT2D eigenvalue weighted by Gasteiger charge is 2.25. The van der Waals surface area contributed by atoms with Crippen LogP contribution in [-0.2, 0) is 4.74 Å². The van der Waals surface area contributed by atoms with Crippen molar-refractivity contribution in [2.24, 2.45) is 0 Å². The fourth-order valence-electron chi connectivity index (χ4n) is 3.40. The molecule has 1 aromatic heterocycles. The molecular formula is C22H20N2O5. The number of amides is 2. The summed E-state index contributed by atoms with van der Waals surface area (Å²) < 4.78 is 10.4. The van der Waals surface area contributed by atoms with Crippen LogP contribution in [0.1, 0.15) is 28.9 Å². The Balaban J connectivity index is 1.59. The van der Waals surface area contributed by atoms with E-state index in [1.165, 1.54) is 12.3 Å². The summed E-state index contributed by atoms with van der Waals surface area (Å²) in [6.45, 7) is 2.79. The van der Waals surface area contributed by atoms with Gasteiger partial charge in [0.1, 0.15) is 12.2 Å². The smallest absolute Gasteiger partial charge is 0.414 e. The van der Waals surface area contributed by atoms with Crippen LogP contribution in [0.2, 0.25) is 0 Å². The summed E-state index contributed by atoms with van der Waals surface area (Å²) in [4.78, 5) is 39.9. The van der Waals surface area contributed by atoms with E-state index < -0.39 is 0 Å². The highest BCUT2D eigenvalue weighted by molar-refractivity contribution is 5.97. The molecule has 0 aliphatic carbocycles. The summed E-state index contributed by atoms with van der Waals surface area (Å²) in [5.74, 6) is -0.197. The quantitative estimate of drug-likeness (QED) is 0.678. The van der Waals surface area contributed by atoms with Crippen LogP contribution in [0.5, 0.6) is 0 Å². The predicted octanol–water partition coefficient (Wildman–Crippen LogP) is 3.58. The Hall–Kier alpha value is -3.61. The number of carbonyl (C=O) groups is 2. The van der Waals surface area contributed by atoms with Gasteiger partial charge in [0, 0.05) is 24.4 Å². The number of hydrogen-bond acceptors (Lipinski definition) is 5. The highest BCUT2D eigenvalue weighted by Crippen LogP contribution is 2.27. The summed E-state index contributed by atoms with van der Waals surface area (Å²) in [7, 11) is 1.72. The fraction of sp³-hybridized carbons (Fsp3) is 0.227. The van der Waals surface area contributed by atoms with E-state index in [2.05, 4.69) is 0 Å². The molecule has 1 aliphatic heterocycles. The lowest BCUT2D eigenvalue weighted by molar-refractivity contribution is 0.0742. The summed E-state index contributed by atoms with van der Waals surface area (Å²) in [6, 6.07) is 13.4. The van der Waals surface area contributed by atoms with Gasteiger partial charge < -0.3 is 14.1 Å². The van der Waals surface area contributed by atoms with Crippen molar-refractivity contribution < 1.29 is 18.7 Å². The Kier molecular flexibility index (Phi) is 4.80. The first-order valence-electron chi connectivity index (χ1n) is 9.28. The van der Waals surface area contributed by atoms with Crippen molar-refractivity contribution in [2.75, 3.05) is 25.1 Å². The average molecular weight is 392 g/mol. The summed E-state index contributed by atoms with van der Waals surface area (Å²) in [5.41, 5.74) is 2.29. The Morgan fingerprint density at radius 3 is 2.72 bits per heavy atom. The van der Waals surface area contributed by atoms with Gasteiger partial charge in [0.25, 0.3) is 5.91 Å². The van der Waals surface area contributed by atoms with Gasteiger partial charge in [-0.05, 0) is 42.8 Å². The van der Waals surface area contributed by atoms with Crippen LogP contribution < -0.4 is 10.3 Å². The van der Waals surface area contributed by atoms with Crippen molar-refractivity contribution >= 4 is 28.7 Å². The van der Waals surface area contributed by atoms with E-state index in [1.807, 2.05) is 31.2 Å². The van der Waals surface area contributed by atoms with Crippen LogP contribution in [0.25, 0.3) is 11.0 Å². The van der Waals surface area contributed by atoms with Crippen LogP contribution in [0, 0.1) is 0 Å². The van der Waals surface area contributed by atoms with E-state index in [0.29, 0.717) is 29.7 Å². The lowest BCUT2D eigenvalue weighted by Gasteiger charge is -2.26. The molecular weight excluding hydrogens is 372 g/mol. The van der Waals surface area contributed by atoms with Crippen LogP contribution in [-0.4, -0.2) is 37.1 Å². The molecule has 1 atom stereocenters.